The Labute approximate surface area is 166 Å². The Morgan fingerprint density at radius 3 is 2.44 bits per heavy atom. The number of pyridine rings is 1. The van der Waals surface area contributed by atoms with E-state index in [0.717, 1.165) is 36.8 Å². The van der Waals surface area contributed by atoms with Crippen LogP contribution in [-0.4, -0.2) is 35.6 Å². The smallest absolute Gasteiger partial charge is 0.150 e. The van der Waals surface area contributed by atoms with Crippen molar-refractivity contribution in [1.82, 2.24) is 14.8 Å². The Kier molecular flexibility index (Phi) is 5.12. The van der Waals surface area contributed by atoms with Crippen LogP contribution in [0.25, 0.3) is 22.2 Å². The van der Waals surface area contributed by atoms with E-state index >= 15 is 0 Å². The molecule has 6 nitrogen and oxygen atoms in total. The van der Waals surface area contributed by atoms with Gasteiger partial charge in [-0.2, -0.15) is 5.10 Å². The van der Waals surface area contributed by atoms with Crippen LogP contribution in [0.2, 0.25) is 10.0 Å². The van der Waals surface area contributed by atoms with Gasteiger partial charge in [0, 0.05) is 29.8 Å². The van der Waals surface area contributed by atoms with Crippen molar-refractivity contribution in [3.8, 4) is 22.8 Å². The number of nitrogens with zero attached hydrogens (tertiary/aromatic N) is 3. The van der Waals surface area contributed by atoms with Crippen LogP contribution < -0.4 is 9.47 Å². The summed E-state index contributed by atoms with van der Waals surface area (Å²) in [5, 5.41) is 6.20. The van der Waals surface area contributed by atoms with E-state index in [0.29, 0.717) is 32.8 Å². The molecule has 8 heteroatoms. The SMILES string of the molecule is COc1cc(OC)c(Cl)c(-c2cc3c(cn2)cnn3C2CCCCO2)c1Cl. The first kappa shape index (κ1) is 18.3. The van der Waals surface area contributed by atoms with Crippen molar-refractivity contribution in [1.29, 1.82) is 0 Å². The number of aromatic nitrogens is 3. The van der Waals surface area contributed by atoms with Crippen molar-refractivity contribution in [3.05, 3.63) is 34.6 Å². The van der Waals surface area contributed by atoms with Gasteiger partial charge in [0.25, 0.3) is 0 Å². The van der Waals surface area contributed by atoms with Crippen molar-refractivity contribution in [2.45, 2.75) is 25.5 Å². The molecule has 0 aliphatic carbocycles. The van der Waals surface area contributed by atoms with E-state index in [4.69, 9.17) is 37.4 Å². The molecule has 2 aromatic heterocycles. The molecule has 1 aromatic carbocycles. The van der Waals surface area contributed by atoms with Crippen LogP contribution in [0.1, 0.15) is 25.5 Å². The lowest BCUT2D eigenvalue weighted by atomic mass is 10.1. The minimum Gasteiger partial charge on any atom is -0.495 e. The molecule has 0 bridgehead atoms. The second kappa shape index (κ2) is 7.54. The average Bonchev–Trinajstić information content (AvgIpc) is 3.12. The van der Waals surface area contributed by atoms with Crippen molar-refractivity contribution in [3.63, 3.8) is 0 Å². The number of methoxy groups -OCH3 is 2. The summed E-state index contributed by atoms with van der Waals surface area (Å²) < 4.78 is 18.5. The van der Waals surface area contributed by atoms with E-state index in [1.807, 2.05) is 10.7 Å². The summed E-state index contributed by atoms with van der Waals surface area (Å²) in [5.41, 5.74) is 2.10. The predicted molar refractivity (Wildman–Crippen MR) is 105 cm³/mol. The van der Waals surface area contributed by atoms with Gasteiger partial charge in [-0.25, -0.2) is 4.68 Å². The summed E-state index contributed by atoms with van der Waals surface area (Å²) in [6, 6.07) is 3.58. The Hall–Kier alpha value is -2.02. The normalized spacial score (nSPS) is 17.3. The van der Waals surface area contributed by atoms with E-state index in [2.05, 4.69) is 10.1 Å². The van der Waals surface area contributed by atoms with Crippen LogP contribution in [0.5, 0.6) is 11.5 Å². The van der Waals surface area contributed by atoms with Gasteiger partial charge in [-0.15, -0.1) is 0 Å². The van der Waals surface area contributed by atoms with E-state index in [9.17, 15) is 0 Å². The molecule has 4 rings (SSSR count). The molecule has 1 atom stereocenters. The van der Waals surface area contributed by atoms with Crippen LogP contribution in [0.3, 0.4) is 0 Å². The molecule has 3 aromatic rings. The summed E-state index contributed by atoms with van der Waals surface area (Å²) >= 11 is 13.1. The van der Waals surface area contributed by atoms with E-state index in [1.54, 1.807) is 32.7 Å². The molecule has 0 spiro atoms. The fraction of sp³-hybridized carbons (Fsp3) is 0.368. The molecule has 27 heavy (non-hydrogen) atoms. The summed E-state index contributed by atoms with van der Waals surface area (Å²) in [4.78, 5) is 4.53. The van der Waals surface area contributed by atoms with Crippen LogP contribution in [-0.2, 0) is 4.74 Å². The van der Waals surface area contributed by atoms with Gasteiger partial charge in [0.1, 0.15) is 11.5 Å². The van der Waals surface area contributed by atoms with Crippen LogP contribution >= 0.6 is 23.2 Å². The third kappa shape index (κ3) is 3.22. The molecular formula is C19H19Cl2N3O3. The maximum Gasteiger partial charge on any atom is 0.150 e. The van der Waals surface area contributed by atoms with Crippen LogP contribution in [0.15, 0.2) is 24.5 Å². The number of hydrogen-bond acceptors (Lipinski definition) is 5. The molecular weight excluding hydrogens is 389 g/mol. The highest BCUT2D eigenvalue weighted by molar-refractivity contribution is 6.41. The van der Waals surface area contributed by atoms with Gasteiger partial charge < -0.3 is 14.2 Å². The van der Waals surface area contributed by atoms with Gasteiger partial charge >= 0.3 is 0 Å². The van der Waals surface area contributed by atoms with Crippen LogP contribution in [0.4, 0.5) is 0 Å². The summed E-state index contributed by atoms with van der Waals surface area (Å²) in [6.07, 6.45) is 6.61. The van der Waals surface area contributed by atoms with Gasteiger partial charge in [0.05, 0.1) is 41.7 Å². The predicted octanol–water partition coefficient (Wildman–Crippen LogP) is 5.12. The van der Waals surface area contributed by atoms with E-state index < -0.39 is 0 Å². The molecule has 1 aliphatic rings. The van der Waals surface area contributed by atoms with Crippen molar-refractivity contribution in [2.75, 3.05) is 20.8 Å². The fourth-order valence-corrected chi connectivity index (χ4v) is 4.03. The quantitative estimate of drug-likeness (QED) is 0.600. The van der Waals surface area contributed by atoms with E-state index in [1.165, 1.54) is 0 Å². The largest absolute Gasteiger partial charge is 0.495 e. The Morgan fingerprint density at radius 1 is 1.07 bits per heavy atom. The lowest BCUT2D eigenvalue weighted by Crippen LogP contribution is -2.18. The first-order valence-electron chi connectivity index (χ1n) is 8.69. The zero-order valence-corrected chi connectivity index (χ0v) is 16.5. The van der Waals surface area contributed by atoms with Gasteiger partial charge in [0.2, 0.25) is 0 Å². The van der Waals surface area contributed by atoms with Crippen molar-refractivity contribution >= 4 is 34.1 Å². The minimum atomic E-state index is -0.0720. The molecule has 0 radical (unpaired) electrons. The van der Waals surface area contributed by atoms with Gasteiger partial charge in [0.15, 0.2) is 6.23 Å². The van der Waals surface area contributed by atoms with Crippen molar-refractivity contribution in [2.24, 2.45) is 0 Å². The highest BCUT2D eigenvalue weighted by Gasteiger charge is 2.22. The fourth-order valence-electron chi connectivity index (χ4n) is 3.33. The zero-order chi connectivity index (χ0) is 19.0. The standard InChI is InChI=1S/C19H19Cl2N3O3/c1-25-14-8-15(26-2)19(21)17(18(14)20)12-7-13-11(9-22-12)10-23-24(13)16-5-3-4-6-27-16/h7-10,16H,3-6H2,1-2H3. The molecule has 1 saturated heterocycles. The van der Waals surface area contributed by atoms with E-state index in [-0.39, 0.29) is 6.23 Å². The number of benzene rings is 1. The third-order valence-electron chi connectivity index (χ3n) is 4.74. The summed E-state index contributed by atoms with van der Waals surface area (Å²) in [6.45, 7) is 0.745. The highest BCUT2D eigenvalue weighted by Crippen LogP contribution is 2.45. The van der Waals surface area contributed by atoms with Gasteiger partial charge in [-0.1, -0.05) is 23.2 Å². The molecule has 0 saturated carbocycles. The molecule has 1 unspecified atom stereocenters. The molecule has 1 aliphatic heterocycles. The van der Waals surface area contributed by atoms with Crippen LogP contribution in [0, 0.1) is 0 Å². The molecule has 1 fully saturated rings. The van der Waals surface area contributed by atoms with Crippen molar-refractivity contribution < 1.29 is 14.2 Å². The number of fused-ring (bicyclic) bond motifs is 1. The number of halogens is 2. The number of rotatable bonds is 4. The Morgan fingerprint density at radius 2 is 1.81 bits per heavy atom. The molecule has 0 N–H and O–H groups in total. The lowest BCUT2D eigenvalue weighted by molar-refractivity contribution is -0.0366. The highest BCUT2D eigenvalue weighted by atomic mass is 35.5. The maximum atomic E-state index is 6.54. The Balaban J connectivity index is 1.87. The molecule has 142 valence electrons. The topological polar surface area (TPSA) is 58.4 Å². The first-order chi connectivity index (χ1) is 13.1. The second-order valence-corrected chi connectivity index (χ2v) is 7.08. The number of ether oxygens (including phenoxy) is 3. The third-order valence-corrected chi connectivity index (χ3v) is 5.49. The second-order valence-electron chi connectivity index (χ2n) is 6.32. The minimum absolute atomic E-state index is 0.0720. The molecule has 3 heterocycles. The first-order valence-corrected chi connectivity index (χ1v) is 9.45. The summed E-state index contributed by atoms with van der Waals surface area (Å²) in [5.74, 6) is 0.942. The van der Waals surface area contributed by atoms with Gasteiger partial charge in [-0.3, -0.25) is 4.98 Å². The lowest BCUT2D eigenvalue weighted by Gasteiger charge is -2.23. The zero-order valence-electron chi connectivity index (χ0n) is 15.0. The monoisotopic (exact) mass is 407 g/mol. The molecule has 0 amide bonds. The van der Waals surface area contributed by atoms with Gasteiger partial charge in [-0.05, 0) is 25.3 Å². The summed E-state index contributed by atoms with van der Waals surface area (Å²) in [7, 11) is 3.09. The number of hydrogen-bond donors (Lipinski definition) is 0. The maximum absolute atomic E-state index is 6.54. The Bertz CT molecular complexity index is 956. The average molecular weight is 408 g/mol.